The number of rotatable bonds is 6. The molecule has 0 radical (unpaired) electrons. The molecule has 4 nitrogen and oxygen atoms in total. The first-order valence-corrected chi connectivity index (χ1v) is 6.30. The minimum atomic E-state index is 0.681. The van der Waals surface area contributed by atoms with E-state index in [4.69, 9.17) is 13.9 Å². The topological polar surface area (TPSA) is 43.6 Å². The summed E-state index contributed by atoms with van der Waals surface area (Å²) in [7, 11) is 3.31. The second kappa shape index (κ2) is 6.29. The molecule has 0 spiro atoms. The van der Waals surface area contributed by atoms with Gasteiger partial charge in [0.25, 0.3) is 0 Å². The fourth-order valence-corrected chi connectivity index (χ4v) is 2.06. The van der Waals surface area contributed by atoms with Crippen LogP contribution < -0.4 is 14.8 Å². The van der Waals surface area contributed by atoms with Crippen molar-refractivity contribution in [1.82, 2.24) is 5.32 Å². The van der Waals surface area contributed by atoms with Crippen molar-refractivity contribution in [1.29, 1.82) is 0 Å². The molecule has 0 fully saturated rings. The summed E-state index contributed by atoms with van der Waals surface area (Å²) in [6, 6.07) is 7.68. The SMILES string of the molecule is CCNCc1occc1-c1c(OC)cccc1OC. The van der Waals surface area contributed by atoms with Crippen LogP contribution in [0.4, 0.5) is 0 Å². The molecule has 0 amide bonds. The molecule has 4 heteroatoms. The van der Waals surface area contributed by atoms with Crippen LogP contribution in [-0.2, 0) is 6.54 Å². The molecule has 1 aromatic carbocycles. The van der Waals surface area contributed by atoms with Crippen LogP contribution in [0, 0.1) is 0 Å². The summed E-state index contributed by atoms with van der Waals surface area (Å²) in [4.78, 5) is 0. The number of hydrogen-bond acceptors (Lipinski definition) is 4. The number of nitrogens with one attached hydrogen (secondary N) is 1. The lowest BCUT2D eigenvalue weighted by molar-refractivity contribution is 0.397. The van der Waals surface area contributed by atoms with Gasteiger partial charge in [-0.25, -0.2) is 0 Å². The van der Waals surface area contributed by atoms with Crippen LogP contribution in [-0.4, -0.2) is 20.8 Å². The van der Waals surface area contributed by atoms with Crippen LogP contribution in [0.3, 0.4) is 0 Å². The van der Waals surface area contributed by atoms with E-state index in [1.807, 2.05) is 24.3 Å². The van der Waals surface area contributed by atoms with Gasteiger partial charge in [0.1, 0.15) is 17.3 Å². The minimum Gasteiger partial charge on any atom is -0.496 e. The summed E-state index contributed by atoms with van der Waals surface area (Å²) in [5.74, 6) is 2.43. The second-order valence-corrected chi connectivity index (χ2v) is 4.08. The second-order valence-electron chi connectivity index (χ2n) is 4.08. The molecule has 1 aromatic heterocycles. The Morgan fingerprint density at radius 1 is 1.11 bits per heavy atom. The maximum Gasteiger partial charge on any atom is 0.130 e. The highest BCUT2D eigenvalue weighted by molar-refractivity contribution is 5.78. The lowest BCUT2D eigenvalue weighted by Crippen LogP contribution is -2.11. The molecule has 2 aromatic rings. The predicted molar refractivity (Wildman–Crippen MR) is 74.6 cm³/mol. The first-order valence-electron chi connectivity index (χ1n) is 6.30. The quantitative estimate of drug-likeness (QED) is 0.868. The molecule has 0 atom stereocenters. The number of methoxy groups -OCH3 is 2. The van der Waals surface area contributed by atoms with Gasteiger partial charge in [0.05, 0.1) is 32.6 Å². The Kier molecular flexibility index (Phi) is 4.47. The van der Waals surface area contributed by atoms with Crippen molar-refractivity contribution in [3.63, 3.8) is 0 Å². The van der Waals surface area contributed by atoms with E-state index in [1.165, 1.54) is 0 Å². The van der Waals surface area contributed by atoms with Gasteiger partial charge in [0.2, 0.25) is 0 Å². The Balaban J connectivity index is 2.48. The van der Waals surface area contributed by atoms with Crippen molar-refractivity contribution in [3.05, 3.63) is 36.3 Å². The van der Waals surface area contributed by atoms with Gasteiger partial charge in [-0.15, -0.1) is 0 Å². The molecule has 0 aliphatic carbocycles. The number of benzene rings is 1. The fourth-order valence-electron chi connectivity index (χ4n) is 2.06. The molecular weight excluding hydrogens is 242 g/mol. The average molecular weight is 261 g/mol. The van der Waals surface area contributed by atoms with E-state index in [2.05, 4.69) is 12.2 Å². The van der Waals surface area contributed by atoms with Gasteiger partial charge < -0.3 is 19.2 Å². The Morgan fingerprint density at radius 2 is 1.79 bits per heavy atom. The average Bonchev–Trinajstić information content (AvgIpc) is 2.91. The van der Waals surface area contributed by atoms with Crippen molar-refractivity contribution in [2.24, 2.45) is 0 Å². The summed E-state index contributed by atoms with van der Waals surface area (Å²) in [5.41, 5.74) is 1.92. The van der Waals surface area contributed by atoms with Crippen molar-refractivity contribution in [2.45, 2.75) is 13.5 Å². The van der Waals surface area contributed by atoms with Gasteiger partial charge in [-0.05, 0) is 24.7 Å². The molecular formula is C15H19NO3. The largest absolute Gasteiger partial charge is 0.496 e. The van der Waals surface area contributed by atoms with Crippen molar-refractivity contribution in [3.8, 4) is 22.6 Å². The Morgan fingerprint density at radius 3 is 2.37 bits per heavy atom. The molecule has 0 saturated heterocycles. The summed E-state index contributed by atoms with van der Waals surface area (Å²) < 4.78 is 16.4. The summed E-state index contributed by atoms with van der Waals surface area (Å²) in [6.07, 6.45) is 1.69. The molecule has 19 heavy (non-hydrogen) atoms. The van der Waals surface area contributed by atoms with Crippen LogP contribution in [0.2, 0.25) is 0 Å². The van der Waals surface area contributed by atoms with Gasteiger partial charge >= 0.3 is 0 Å². The normalized spacial score (nSPS) is 10.5. The van der Waals surface area contributed by atoms with E-state index in [0.717, 1.165) is 34.9 Å². The summed E-state index contributed by atoms with van der Waals surface area (Å²) in [5, 5.41) is 3.26. The zero-order valence-electron chi connectivity index (χ0n) is 11.5. The van der Waals surface area contributed by atoms with E-state index >= 15 is 0 Å². The molecule has 2 rings (SSSR count). The van der Waals surface area contributed by atoms with E-state index in [-0.39, 0.29) is 0 Å². The maximum absolute atomic E-state index is 5.55. The first kappa shape index (κ1) is 13.5. The zero-order chi connectivity index (χ0) is 13.7. The number of ether oxygens (including phenoxy) is 2. The highest BCUT2D eigenvalue weighted by Crippen LogP contribution is 2.40. The smallest absolute Gasteiger partial charge is 0.130 e. The molecule has 0 aliphatic heterocycles. The Bertz CT molecular complexity index is 512. The first-order chi connectivity index (χ1) is 9.31. The van der Waals surface area contributed by atoms with Gasteiger partial charge in [0, 0.05) is 5.56 Å². The molecule has 0 saturated carbocycles. The van der Waals surface area contributed by atoms with Crippen molar-refractivity contribution in [2.75, 3.05) is 20.8 Å². The molecule has 0 bridgehead atoms. The summed E-state index contributed by atoms with van der Waals surface area (Å²) >= 11 is 0. The monoisotopic (exact) mass is 261 g/mol. The minimum absolute atomic E-state index is 0.681. The molecule has 1 heterocycles. The highest BCUT2D eigenvalue weighted by atomic mass is 16.5. The van der Waals surface area contributed by atoms with Crippen molar-refractivity contribution < 1.29 is 13.9 Å². The van der Waals surface area contributed by atoms with Crippen molar-refractivity contribution >= 4 is 0 Å². The van der Waals surface area contributed by atoms with Gasteiger partial charge in [-0.1, -0.05) is 13.0 Å². The van der Waals surface area contributed by atoms with E-state index in [0.29, 0.717) is 6.54 Å². The Labute approximate surface area is 113 Å². The highest BCUT2D eigenvalue weighted by Gasteiger charge is 2.17. The van der Waals surface area contributed by atoms with Gasteiger partial charge in [0.15, 0.2) is 0 Å². The van der Waals surface area contributed by atoms with Crippen LogP contribution in [0.15, 0.2) is 34.9 Å². The molecule has 102 valence electrons. The maximum atomic E-state index is 5.55. The third-order valence-corrected chi connectivity index (χ3v) is 2.98. The molecule has 1 N–H and O–H groups in total. The predicted octanol–water partition coefficient (Wildman–Crippen LogP) is 3.07. The fraction of sp³-hybridized carbons (Fsp3) is 0.333. The number of hydrogen-bond donors (Lipinski definition) is 1. The molecule has 0 unspecified atom stereocenters. The zero-order valence-corrected chi connectivity index (χ0v) is 11.5. The van der Waals surface area contributed by atoms with Gasteiger partial charge in [-0.3, -0.25) is 0 Å². The number of furan rings is 1. The molecule has 0 aliphatic rings. The van der Waals surface area contributed by atoms with E-state index in [9.17, 15) is 0 Å². The Hall–Kier alpha value is -1.94. The standard InChI is InChI=1S/C15H19NO3/c1-4-16-10-14-11(8-9-19-14)15-12(17-2)6-5-7-13(15)18-3/h5-9,16H,4,10H2,1-3H3. The lowest BCUT2D eigenvalue weighted by atomic mass is 10.0. The third-order valence-electron chi connectivity index (χ3n) is 2.98. The summed E-state index contributed by atoms with van der Waals surface area (Å²) in [6.45, 7) is 3.63. The lowest BCUT2D eigenvalue weighted by Gasteiger charge is -2.13. The van der Waals surface area contributed by atoms with Gasteiger partial charge in [-0.2, -0.15) is 0 Å². The van der Waals surface area contributed by atoms with Crippen LogP contribution in [0.25, 0.3) is 11.1 Å². The third kappa shape index (κ3) is 2.74. The van der Waals surface area contributed by atoms with E-state index in [1.54, 1.807) is 20.5 Å². The van der Waals surface area contributed by atoms with E-state index < -0.39 is 0 Å². The van der Waals surface area contributed by atoms with Crippen LogP contribution in [0.1, 0.15) is 12.7 Å². The van der Waals surface area contributed by atoms with Crippen LogP contribution in [0.5, 0.6) is 11.5 Å². The van der Waals surface area contributed by atoms with Crippen LogP contribution >= 0.6 is 0 Å².